The van der Waals surface area contributed by atoms with Gasteiger partial charge in [-0.3, -0.25) is 0 Å². The van der Waals surface area contributed by atoms with Gasteiger partial charge in [-0.25, -0.2) is 0 Å². The summed E-state index contributed by atoms with van der Waals surface area (Å²) in [4.78, 5) is 12.6. The Morgan fingerprint density at radius 1 is 1.54 bits per heavy atom. The van der Waals surface area contributed by atoms with Crippen molar-refractivity contribution in [2.45, 2.75) is 45.1 Å². The highest BCUT2D eigenvalue weighted by Crippen LogP contribution is 2.23. The van der Waals surface area contributed by atoms with E-state index < -0.39 is 6.23 Å². The first-order chi connectivity index (χ1) is 6.17. The molecule has 4 heteroatoms. The van der Waals surface area contributed by atoms with Crippen LogP contribution >= 0.6 is 0 Å². The lowest BCUT2D eigenvalue weighted by molar-refractivity contribution is -0.0657. The van der Waals surface area contributed by atoms with Crippen molar-refractivity contribution in [3.05, 3.63) is 4.91 Å². The Bertz CT molecular complexity index is 175. The Labute approximate surface area is 79.2 Å². The zero-order valence-electron chi connectivity index (χ0n) is 8.56. The second-order valence-electron chi connectivity index (χ2n) is 3.71. The molecule has 0 aliphatic carbocycles. The maximum Gasteiger partial charge on any atom is 0.191 e. The van der Waals surface area contributed by atoms with Crippen molar-refractivity contribution in [1.82, 2.24) is 4.90 Å². The van der Waals surface area contributed by atoms with Gasteiger partial charge in [0.15, 0.2) is 6.23 Å². The van der Waals surface area contributed by atoms with E-state index in [9.17, 15) is 4.91 Å². The Balaban J connectivity index is 2.51. The third-order valence-electron chi connectivity index (χ3n) is 2.71. The maximum atomic E-state index is 10.4. The minimum absolute atomic E-state index is 0.149. The summed E-state index contributed by atoms with van der Waals surface area (Å²) >= 11 is 0. The Hall–Kier alpha value is -0.480. The van der Waals surface area contributed by atoms with E-state index in [4.69, 9.17) is 4.74 Å². The second kappa shape index (κ2) is 4.67. The summed E-state index contributed by atoms with van der Waals surface area (Å²) in [6.07, 6.45) is 1.44. The van der Waals surface area contributed by atoms with E-state index in [0.717, 1.165) is 19.4 Å². The lowest BCUT2D eigenvalue weighted by Gasteiger charge is -2.35. The average molecular weight is 186 g/mol. The molecule has 13 heavy (non-hydrogen) atoms. The number of nitrogens with zero attached hydrogens (tertiary/aromatic N) is 2. The molecule has 1 rings (SSSR count). The van der Waals surface area contributed by atoms with Crippen molar-refractivity contribution in [2.24, 2.45) is 5.18 Å². The van der Waals surface area contributed by atoms with E-state index in [2.05, 4.69) is 24.0 Å². The largest absolute Gasteiger partial charge is 0.350 e. The highest BCUT2D eigenvalue weighted by atomic mass is 16.5. The van der Waals surface area contributed by atoms with Gasteiger partial charge >= 0.3 is 0 Å². The fourth-order valence-electron chi connectivity index (χ4n) is 1.78. The molecule has 0 spiro atoms. The van der Waals surface area contributed by atoms with Crippen molar-refractivity contribution in [2.75, 3.05) is 13.6 Å². The number of hydrogen-bond donors (Lipinski definition) is 0. The van der Waals surface area contributed by atoms with Gasteiger partial charge in [-0.05, 0) is 32.1 Å². The van der Waals surface area contributed by atoms with E-state index in [1.54, 1.807) is 0 Å². The Morgan fingerprint density at radius 2 is 2.23 bits per heavy atom. The molecule has 1 fully saturated rings. The molecule has 1 aliphatic rings. The van der Waals surface area contributed by atoms with Gasteiger partial charge in [-0.15, -0.1) is 4.91 Å². The highest BCUT2D eigenvalue weighted by Gasteiger charge is 2.29. The van der Waals surface area contributed by atoms with Crippen LogP contribution in [0.25, 0.3) is 0 Å². The zero-order chi connectivity index (χ0) is 9.84. The van der Waals surface area contributed by atoms with E-state index >= 15 is 0 Å². The molecule has 76 valence electrons. The van der Waals surface area contributed by atoms with Crippen molar-refractivity contribution < 1.29 is 4.74 Å². The van der Waals surface area contributed by atoms with Gasteiger partial charge in [0.1, 0.15) is 0 Å². The molecule has 1 unspecified atom stereocenters. The predicted octanol–water partition coefficient (Wildman–Crippen LogP) is 1.60. The van der Waals surface area contributed by atoms with Crippen molar-refractivity contribution >= 4 is 0 Å². The molecule has 0 amide bonds. The standard InChI is InChI=1S/C9H18N2O2/c1-4-11(3)8-5-7(2)13-9(6-8)10-12/h7-9H,4-6H2,1-3H3/t7-,8?,9-/m1/s1. The Morgan fingerprint density at radius 3 is 2.77 bits per heavy atom. The average Bonchev–Trinajstić information content (AvgIpc) is 2.15. The molecular weight excluding hydrogens is 168 g/mol. The van der Waals surface area contributed by atoms with Crippen LogP contribution in [0.15, 0.2) is 5.18 Å². The summed E-state index contributed by atoms with van der Waals surface area (Å²) in [6.45, 7) is 5.11. The van der Waals surface area contributed by atoms with Crippen LogP contribution in [0.3, 0.4) is 0 Å². The van der Waals surface area contributed by atoms with Crippen LogP contribution in [0, 0.1) is 4.91 Å². The summed E-state index contributed by atoms with van der Waals surface area (Å²) in [7, 11) is 2.07. The number of ether oxygens (including phenoxy) is 1. The van der Waals surface area contributed by atoms with E-state index in [1.807, 2.05) is 6.92 Å². The number of hydrogen-bond acceptors (Lipinski definition) is 4. The van der Waals surface area contributed by atoms with Crippen LogP contribution < -0.4 is 0 Å². The first kappa shape index (κ1) is 10.6. The maximum absolute atomic E-state index is 10.4. The summed E-state index contributed by atoms with van der Waals surface area (Å²) in [5.74, 6) is 0. The lowest BCUT2D eigenvalue weighted by atomic mass is 10.0. The van der Waals surface area contributed by atoms with Gasteiger partial charge < -0.3 is 9.64 Å². The molecule has 0 bridgehead atoms. The zero-order valence-corrected chi connectivity index (χ0v) is 8.56. The number of nitroso groups, excluding NO2 is 1. The third kappa shape index (κ3) is 2.74. The molecule has 1 heterocycles. The smallest absolute Gasteiger partial charge is 0.191 e. The molecule has 4 nitrogen and oxygen atoms in total. The second-order valence-corrected chi connectivity index (χ2v) is 3.71. The minimum atomic E-state index is -0.442. The van der Waals surface area contributed by atoms with Crippen LogP contribution in [0.2, 0.25) is 0 Å². The third-order valence-corrected chi connectivity index (χ3v) is 2.71. The molecule has 0 radical (unpaired) electrons. The molecule has 0 aromatic heterocycles. The molecule has 0 N–H and O–H groups in total. The first-order valence-corrected chi connectivity index (χ1v) is 4.85. The minimum Gasteiger partial charge on any atom is -0.350 e. The van der Waals surface area contributed by atoms with Crippen LogP contribution in [0.1, 0.15) is 26.7 Å². The summed E-state index contributed by atoms with van der Waals surface area (Å²) in [5, 5.41) is 2.97. The van der Waals surface area contributed by atoms with Gasteiger partial charge in [0, 0.05) is 12.5 Å². The molecule has 0 aromatic rings. The topological polar surface area (TPSA) is 41.9 Å². The Kier molecular flexibility index (Phi) is 3.81. The predicted molar refractivity (Wildman–Crippen MR) is 51.5 cm³/mol. The molecule has 1 aliphatic heterocycles. The van der Waals surface area contributed by atoms with Crippen LogP contribution in [-0.2, 0) is 4.74 Å². The van der Waals surface area contributed by atoms with Crippen molar-refractivity contribution in [3.63, 3.8) is 0 Å². The monoisotopic (exact) mass is 186 g/mol. The van der Waals surface area contributed by atoms with Crippen LogP contribution in [0.5, 0.6) is 0 Å². The van der Waals surface area contributed by atoms with Gasteiger partial charge in [0.05, 0.1) is 6.10 Å². The molecule has 0 saturated carbocycles. The van der Waals surface area contributed by atoms with E-state index in [0.29, 0.717) is 6.04 Å². The fraction of sp³-hybridized carbons (Fsp3) is 1.00. The summed E-state index contributed by atoms with van der Waals surface area (Å²) in [5.41, 5.74) is 0. The van der Waals surface area contributed by atoms with Crippen LogP contribution in [0.4, 0.5) is 0 Å². The van der Waals surface area contributed by atoms with Gasteiger partial charge in [0.2, 0.25) is 0 Å². The fourth-order valence-corrected chi connectivity index (χ4v) is 1.78. The van der Waals surface area contributed by atoms with Gasteiger partial charge in [0.25, 0.3) is 0 Å². The molecule has 1 saturated heterocycles. The van der Waals surface area contributed by atoms with E-state index in [1.165, 1.54) is 0 Å². The highest BCUT2D eigenvalue weighted by molar-refractivity contribution is 4.79. The molecule has 3 atom stereocenters. The van der Waals surface area contributed by atoms with Gasteiger partial charge in [-0.1, -0.05) is 6.92 Å². The van der Waals surface area contributed by atoms with Gasteiger partial charge in [-0.2, -0.15) is 0 Å². The summed E-state index contributed by atoms with van der Waals surface area (Å²) < 4.78 is 5.35. The van der Waals surface area contributed by atoms with Crippen molar-refractivity contribution in [3.8, 4) is 0 Å². The van der Waals surface area contributed by atoms with Crippen LogP contribution in [-0.4, -0.2) is 36.9 Å². The summed E-state index contributed by atoms with van der Waals surface area (Å²) in [6, 6.07) is 0.441. The molecule has 0 aromatic carbocycles. The molecular formula is C9H18N2O2. The lowest BCUT2D eigenvalue weighted by Crippen LogP contribution is -2.42. The van der Waals surface area contributed by atoms with Crippen molar-refractivity contribution in [1.29, 1.82) is 0 Å². The SMILES string of the molecule is CCN(C)C1C[C@@H](C)O[C@@H](N=O)C1. The first-order valence-electron chi connectivity index (χ1n) is 4.85. The normalized spacial score (nSPS) is 34.9. The number of rotatable bonds is 3. The quantitative estimate of drug-likeness (QED) is 0.629. The van der Waals surface area contributed by atoms with E-state index in [-0.39, 0.29) is 6.10 Å².